The Hall–Kier alpha value is -3.11. The van der Waals surface area contributed by atoms with Gasteiger partial charge in [0.1, 0.15) is 5.82 Å². The number of rotatable bonds is 4. The Labute approximate surface area is 181 Å². The van der Waals surface area contributed by atoms with E-state index in [2.05, 4.69) is 0 Å². The van der Waals surface area contributed by atoms with Crippen molar-refractivity contribution in [2.75, 3.05) is 31.1 Å². The second kappa shape index (κ2) is 9.14. The van der Waals surface area contributed by atoms with Crippen LogP contribution in [0.2, 0.25) is 5.02 Å². The molecule has 0 aliphatic carbocycles. The molecule has 0 spiro atoms. The van der Waals surface area contributed by atoms with Gasteiger partial charge >= 0.3 is 0 Å². The summed E-state index contributed by atoms with van der Waals surface area (Å²) in [4.78, 5) is 17.3. The van der Waals surface area contributed by atoms with Gasteiger partial charge in [-0.25, -0.2) is 4.39 Å². The molecule has 1 fully saturated rings. The molecule has 1 aliphatic heterocycles. The Balaban J connectivity index is 1.57. The van der Waals surface area contributed by atoms with Crippen molar-refractivity contribution in [2.45, 2.75) is 0 Å². The molecule has 30 heavy (non-hydrogen) atoms. The van der Waals surface area contributed by atoms with Gasteiger partial charge in [-0.15, -0.1) is 0 Å². The molecule has 1 saturated heterocycles. The van der Waals surface area contributed by atoms with Crippen LogP contribution >= 0.6 is 11.6 Å². The van der Waals surface area contributed by atoms with E-state index >= 15 is 0 Å². The van der Waals surface area contributed by atoms with Gasteiger partial charge in [0.15, 0.2) is 0 Å². The van der Waals surface area contributed by atoms with Gasteiger partial charge in [-0.3, -0.25) is 4.79 Å². The molecule has 5 heteroatoms. The van der Waals surface area contributed by atoms with E-state index in [0.717, 1.165) is 11.1 Å². The van der Waals surface area contributed by atoms with Crippen LogP contribution in [0.4, 0.5) is 10.1 Å². The zero-order valence-electron chi connectivity index (χ0n) is 16.5. The highest BCUT2D eigenvalue weighted by atomic mass is 35.5. The van der Waals surface area contributed by atoms with Crippen molar-refractivity contribution in [3.63, 3.8) is 0 Å². The number of para-hydroxylation sites is 1. The normalized spacial score (nSPS) is 14.7. The topological polar surface area (TPSA) is 23.6 Å². The predicted octanol–water partition coefficient (Wildman–Crippen LogP) is 5.37. The van der Waals surface area contributed by atoms with Crippen LogP contribution in [-0.2, 0) is 4.79 Å². The summed E-state index contributed by atoms with van der Waals surface area (Å²) in [5.41, 5.74) is 2.83. The summed E-state index contributed by atoms with van der Waals surface area (Å²) in [5.74, 6) is -0.282. The molecule has 1 aliphatic rings. The molecule has 3 aromatic carbocycles. The molecule has 0 bridgehead atoms. The summed E-state index contributed by atoms with van der Waals surface area (Å²) in [6.45, 7) is 2.22. The number of nitrogens with zero attached hydrogens (tertiary/aromatic N) is 2. The zero-order valence-corrected chi connectivity index (χ0v) is 17.2. The number of amides is 1. The number of halogens is 2. The minimum absolute atomic E-state index is 0.0469. The Morgan fingerprint density at radius 2 is 1.47 bits per heavy atom. The highest BCUT2D eigenvalue weighted by molar-refractivity contribution is 6.33. The molecular formula is C25H22ClFN2O. The Kier molecular flexibility index (Phi) is 6.15. The Morgan fingerprint density at radius 3 is 2.17 bits per heavy atom. The quantitative estimate of drug-likeness (QED) is 0.418. The molecule has 0 atom stereocenters. The van der Waals surface area contributed by atoms with Gasteiger partial charge in [0.25, 0.3) is 5.91 Å². The van der Waals surface area contributed by atoms with Gasteiger partial charge in [0.2, 0.25) is 0 Å². The van der Waals surface area contributed by atoms with Gasteiger partial charge in [-0.2, -0.15) is 0 Å². The lowest BCUT2D eigenvalue weighted by molar-refractivity contribution is -0.125. The molecule has 0 N–H and O–H groups in total. The number of hydrogen-bond acceptors (Lipinski definition) is 2. The molecule has 3 aromatic rings. The molecule has 152 valence electrons. The zero-order chi connectivity index (χ0) is 20.9. The summed E-state index contributed by atoms with van der Waals surface area (Å²) < 4.78 is 14.1. The molecule has 0 radical (unpaired) electrons. The fraction of sp³-hybridized carbons (Fsp3) is 0.160. The lowest BCUT2D eigenvalue weighted by atomic mass is 10.0. The average Bonchev–Trinajstić information content (AvgIpc) is 2.79. The molecular weight excluding hydrogens is 399 g/mol. The van der Waals surface area contributed by atoms with Crippen LogP contribution in [0.25, 0.3) is 11.6 Å². The number of hydrogen-bond donors (Lipinski definition) is 0. The summed E-state index contributed by atoms with van der Waals surface area (Å²) in [7, 11) is 0. The van der Waals surface area contributed by atoms with Crippen LogP contribution in [0.15, 0.2) is 78.9 Å². The monoisotopic (exact) mass is 420 g/mol. The highest BCUT2D eigenvalue weighted by Crippen LogP contribution is 2.26. The summed E-state index contributed by atoms with van der Waals surface area (Å²) in [5, 5.41) is 0.600. The second-order valence-corrected chi connectivity index (χ2v) is 7.58. The smallest absolute Gasteiger partial charge is 0.254 e. The van der Waals surface area contributed by atoms with Crippen molar-refractivity contribution in [2.24, 2.45) is 0 Å². The molecule has 4 rings (SSSR count). The maximum Gasteiger partial charge on any atom is 0.254 e. The van der Waals surface area contributed by atoms with E-state index in [1.807, 2.05) is 76.5 Å². The Morgan fingerprint density at radius 1 is 0.833 bits per heavy atom. The van der Waals surface area contributed by atoms with Crippen molar-refractivity contribution in [1.29, 1.82) is 0 Å². The van der Waals surface area contributed by atoms with Crippen LogP contribution in [0.1, 0.15) is 11.1 Å². The van der Waals surface area contributed by atoms with E-state index in [0.29, 0.717) is 42.5 Å². The van der Waals surface area contributed by atoms with E-state index < -0.39 is 0 Å². The third-order valence-electron chi connectivity index (χ3n) is 5.28. The largest absolute Gasteiger partial charge is 0.366 e. The first kappa shape index (κ1) is 20.2. The Bertz CT molecular complexity index is 1060. The number of benzene rings is 3. The highest BCUT2D eigenvalue weighted by Gasteiger charge is 2.25. The lowest BCUT2D eigenvalue weighted by Gasteiger charge is -2.36. The first-order valence-electron chi connectivity index (χ1n) is 9.94. The van der Waals surface area contributed by atoms with Crippen molar-refractivity contribution in [3.05, 3.63) is 101 Å². The van der Waals surface area contributed by atoms with Crippen LogP contribution in [0, 0.1) is 5.82 Å². The fourth-order valence-electron chi connectivity index (χ4n) is 3.66. The maximum atomic E-state index is 14.1. The van der Waals surface area contributed by atoms with Gasteiger partial charge < -0.3 is 9.80 Å². The third-order valence-corrected chi connectivity index (χ3v) is 5.62. The number of anilines is 1. The van der Waals surface area contributed by atoms with Crippen LogP contribution in [0.3, 0.4) is 0 Å². The van der Waals surface area contributed by atoms with Crippen molar-refractivity contribution in [1.82, 2.24) is 4.90 Å². The lowest BCUT2D eigenvalue weighted by Crippen LogP contribution is -2.49. The van der Waals surface area contributed by atoms with Crippen molar-refractivity contribution < 1.29 is 9.18 Å². The molecule has 1 amide bonds. The van der Waals surface area contributed by atoms with Crippen LogP contribution in [-0.4, -0.2) is 37.0 Å². The minimum atomic E-state index is -0.235. The number of carbonyl (C=O) groups is 1. The van der Waals surface area contributed by atoms with Gasteiger partial charge in [-0.05, 0) is 35.4 Å². The van der Waals surface area contributed by atoms with Crippen molar-refractivity contribution in [3.8, 4) is 0 Å². The molecule has 0 unspecified atom stereocenters. The summed E-state index contributed by atoms with van der Waals surface area (Å²) >= 11 is 6.34. The van der Waals surface area contributed by atoms with E-state index in [9.17, 15) is 9.18 Å². The number of piperazine rings is 1. The first-order chi connectivity index (χ1) is 14.6. The summed E-state index contributed by atoms with van der Waals surface area (Å²) in [6.07, 6.45) is 1.85. The number of carbonyl (C=O) groups excluding carboxylic acids is 1. The fourth-order valence-corrected chi connectivity index (χ4v) is 3.85. The van der Waals surface area contributed by atoms with Gasteiger partial charge in [-0.1, -0.05) is 72.3 Å². The molecule has 0 aromatic heterocycles. The van der Waals surface area contributed by atoms with Gasteiger partial charge in [0, 0.05) is 36.8 Å². The summed E-state index contributed by atoms with van der Waals surface area (Å²) in [6, 6.07) is 23.8. The molecule has 0 saturated carbocycles. The molecule has 1 heterocycles. The first-order valence-corrected chi connectivity index (χ1v) is 10.3. The van der Waals surface area contributed by atoms with Crippen LogP contribution < -0.4 is 4.90 Å². The predicted molar refractivity (Wildman–Crippen MR) is 121 cm³/mol. The van der Waals surface area contributed by atoms with E-state index in [-0.39, 0.29) is 11.7 Å². The average molecular weight is 421 g/mol. The second-order valence-electron chi connectivity index (χ2n) is 7.18. The minimum Gasteiger partial charge on any atom is -0.366 e. The molecule has 3 nitrogen and oxygen atoms in total. The van der Waals surface area contributed by atoms with Crippen molar-refractivity contribution >= 4 is 34.8 Å². The van der Waals surface area contributed by atoms with Crippen LogP contribution in [0.5, 0.6) is 0 Å². The van der Waals surface area contributed by atoms with E-state index in [1.54, 1.807) is 12.1 Å². The standard InChI is InChI=1S/C25H22ClFN2O/c26-22-11-5-4-10-20(22)18-21(19-8-2-1-3-9-19)25(30)29-16-14-28(15-17-29)24-13-7-6-12-23(24)27/h1-13,18H,14-17H2/b21-18+. The van der Waals surface area contributed by atoms with E-state index in [1.165, 1.54) is 6.07 Å². The SMILES string of the molecule is O=C(/C(=C/c1ccccc1Cl)c1ccccc1)N1CCN(c2ccccc2F)CC1. The third kappa shape index (κ3) is 4.39. The van der Waals surface area contributed by atoms with E-state index in [4.69, 9.17) is 11.6 Å². The van der Waals surface area contributed by atoms with Gasteiger partial charge in [0.05, 0.1) is 5.69 Å². The maximum absolute atomic E-state index is 14.1.